The van der Waals surface area contributed by atoms with Crippen molar-refractivity contribution in [2.75, 3.05) is 0 Å². The lowest BCUT2D eigenvalue weighted by molar-refractivity contribution is 0.397. The molecule has 7 aromatic rings. The van der Waals surface area contributed by atoms with Crippen molar-refractivity contribution in [3.8, 4) is 44.5 Å². The Morgan fingerprint density at radius 2 is 0.694 bits per heavy atom. The SMILES string of the molecule is CCCCCCCCCCCCCCCCC1(CCCCCCCCCC)c2ccccc2-c2cccc(-c3c4nc(cc5ccc([nH]5)c(-c5cccc6c5C(C)(CCCCCCCC)c5ccccc5-6)c5nc(cc6ccc3[nH]6)C=C5)C=C4)c21. The van der Waals surface area contributed by atoms with Gasteiger partial charge in [-0.2, -0.15) is 0 Å². The molecule has 4 nitrogen and oxygen atoms in total. The van der Waals surface area contributed by atoms with Crippen LogP contribution in [0.4, 0.5) is 0 Å². The van der Waals surface area contributed by atoms with E-state index in [0.717, 1.165) is 56.8 Å². The summed E-state index contributed by atoms with van der Waals surface area (Å²) in [6.45, 7) is 9.47. The highest BCUT2D eigenvalue weighted by Gasteiger charge is 2.45. The maximum absolute atomic E-state index is 5.61. The normalized spacial score (nSPS) is 16.3. The molecule has 4 heteroatoms. The average Bonchev–Trinajstić information content (AvgIpc) is 1.75. The minimum atomic E-state index is -0.135. The predicted octanol–water partition coefficient (Wildman–Crippen LogP) is 24.7. The van der Waals surface area contributed by atoms with E-state index in [4.69, 9.17) is 9.97 Å². The fourth-order valence-corrected chi connectivity index (χ4v) is 15.7. The molecule has 0 saturated carbocycles. The second-order valence-electron chi connectivity index (χ2n) is 26.3. The van der Waals surface area contributed by atoms with Crippen molar-refractivity contribution in [1.82, 2.24) is 19.9 Å². The van der Waals surface area contributed by atoms with Gasteiger partial charge in [0.15, 0.2) is 0 Å². The molecule has 3 aromatic heterocycles. The number of benzene rings is 4. The standard InChI is InChI=1S/C81H100N4/c1-5-8-11-14-17-19-20-21-22-23-24-26-29-36-57-81(56-35-28-25-18-15-12-9-6-2)71-46-33-31-40-65(71)67-42-38-44-69(79(67)81)77-74-53-49-62(84-74)58-60-47-51-72(82-60)76(73-52-48-61(83-73)59-63-50-54-75(77)85-63)68-43-37-41-66-64-39-30-32-45-70(64)80(4,78(66)68)55-34-27-16-13-10-7-3/h30-33,37-54,58-59,82,85H,5-29,34-36,55-57H2,1-4H3. The van der Waals surface area contributed by atoms with Crippen LogP contribution in [0.2, 0.25) is 0 Å². The molecule has 0 fully saturated rings. The molecule has 2 aliphatic carbocycles. The van der Waals surface area contributed by atoms with Crippen molar-refractivity contribution in [2.45, 2.75) is 238 Å². The zero-order chi connectivity index (χ0) is 58.3. The number of H-pyrrole nitrogens is 2. The number of rotatable bonds is 33. The Morgan fingerprint density at radius 1 is 0.329 bits per heavy atom. The highest BCUT2D eigenvalue weighted by Crippen LogP contribution is 2.58. The lowest BCUT2D eigenvalue weighted by atomic mass is 9.68. The van der Waals surface area contributed by atoms with Gasteiger partial charge in [0.25, 0.3) is 0 Å². The van der Waals surface area contributed by atoms with Crippen LogP contribution in [0.3, 0.4) is 0 Å². The van der Waals surface area contributed by atoms with Crippen molar-refractivity contribution in [3.05, 3.63) is 166 Å². The van der Waals surface area contributed by atoms with E-state index in [1.807, 2.05) is 0 Å². The monoisotopic (exact) mass is 1130 g/mol. The van der Waals surface area contributed by atoms with Crippen LogP contribution in [0.15, 0.2) is 121 Å². The third-order valence-electron chi connectivity index (χ3n) is 20.1. The van der Waals surface area contributed by atoms with Crippen LogP contribution in [-0.4, -0.2) is 19.9 Å². The Balaban J connectivity index is 0.963. The van der Waals surface area contributed by atoms with E-state index < -0.39 is 0 Å². The van der Waals surface area contributed by atoms with E-state index in [-0.39, 0.29) is 10.8 Å². The Kier molecular flexibility index (Phi) is 20.7. The van der Waals surface area contributed by atoms with Crippen molar-refractivity contribution < 1.29 is 0 Å². The van der Waals surface area contributed by atoms with Gasteiger partial charge in [-0.3, -0.25) is 0 Å². The van der Waals surface area contributed by atoms with E-state index in [2.05, 4.69) is 183 Å². The quantitative estimate of drug-likeness (QED) is 0.0403. The molecule has 0 amide bonds. The lowest BCUT2D eigenvalue weighted by Crippen LogP contribution is -2.26. The Hall–Kier alpha value is -6.52. The summed E-state index contributed by atoms with van der Waals surface area (Å²) in [5.41, 5.74) is 24.3. The molecule has 5 heterocycles. The number of hydrogen-bond donors (Lipinski definition) is 2. The van der Waals surface area contributed by atoms with Gasteiger partial charge in [0.05, 0.1) is 22.8 Å². The molecule has 2 atom stereocenters. The first-order valence-electron chi connectivity index (χ1n) is 34.5. The lowest BCUT2D eigenvalue weighted by Gasteiger charge is -2.34. The molecule has 444 valence electrons. The topological polar surface area (TPSA) is 57.4 Å². The van der Waals surface area contributed by atoms with Crippen LogP contribution in [0.25, 0.3) is 90.9 Å². The van der Waals surface area contributed by atoms with E-state index in [9.17, 15) is 0 Å². The molecule has 2 aliphatic heterocycles. The summed E-state index contributed by atoms with van der Waals surface area (Å²) >= 11 is 0. The third kappa shape index (κ3) is 13.6. The largest absolute Gasteiger partial charge is 0.355 e. The molecule has 0 spiro atoms. The molecule has 11 rings (SSSR count). The number of hydrogen-bond acceptors (Lipinski definition) is 2. The van der Waals surface area contributed by atoms with E-state index >= 15 is 0 Å². The van der Waals surface area contributed by atoms with Gasteiger partial charge in [0.1, 0.15) is 0 Å². The minimum absolute atomic E-state index is 0.0922. The second kappa shape index (κ2) is 29.2. The van der Waals surface area contributed by atoms with Crippen LogP contribution in [0, 0.1) is 0 Å². The Labute approximate surface area is 512 Å². The first-order chi connectivity index (χ1) is 41.9. The fraction of sp³-hybridized carbons (Fsp3) is 0.457. The fourth-order valence-electron chi connectivity index (χ4n) is 15.7. The maximum atomic E-state index is 5.61. The van der Waals surface area contributed by atoms with Gasteiger partial charge in [-0.25, -0.2) is 9.97 Å². The Bertz CT molecular complexity index is 3580. The molecular formula is C81H100N4. The van der Waals surface area contributed by atoms with E-state index in [0.29, 0.717) is 0 Å². The summed E-state index contributed by atoms with van der Waals surface area (Å²) in [6, 6.07) is 46.5. The van der Waals surface area contributed by atoms with Gasteiger partial charge >= 0.3 is 0 Å². The summed E-state index contributed by atoms with van der Waals surface area (Å²) in [5, 5.41) is 0. The van der Waals surface area contributed by atoms with Crippen LogP contribution in [-0.2, 0) is 10.8 Å². The van der Waals surface area contributed by atoms with Gasteiger partial charge in [0.2, 0.25) is 0 Å². The maximum Gasteiger partial charge on any atom is 0.0737 e. The van der Waals surface area contributed by atoms with Gasteiger partial charge < -0.3 is 9.97 Å². The van der Waals surface area contributed by atoms with E-state index in [1.165, 1.54) is 254 Å². The summed E-state index contributed by atoms with van der Waals surface area (Å²) in [5.74, 6) is 0. The highest BCUT2D eigenvalue weighted by atomic mass is 14.8. The molecule has 85 heavy (non-hydrogen) atoms. The summed E-state index contributed by atoms with van der Waals surface area (Å²) in [6.07, 6.45) is 50.0. The summed E-state index contributed by atoms with van der Waals surface area (Å²) in [4.78, 5) is 19.1. The van der Waals surface area contributed by atoms with Crippen molar-refractivity contribution in [3.63, 3.8) is 0 Å². The van der Waals surface area contributed by atoms with Crippen molar-refractivity contribution in [1.29, 1.82) is 0 Å². The molecule has 8 bridgehead atoms. The smallest absolute Gasteiger partial charge is 0.0737 e. The van der Waals surface area contributed by atoms with Gasteiger partial charge in [-0.15, -0.1) is 0 Å². The number of fused-ring (bicyclic) bond motifs is 14. The van der Waals surface area contributed by atoms with Gasteiger partial charge in [0, 0.05) is 44.0 Å². The zero-order valence-corrected chi connectivity index (χ0v) is 52.7. The first kappa shape index (κ1) is 60.2. The van der Waals surface area contributed by atoms with Crippen molar-refractivity contribution in [2.24, 2.45) is 0 Å². The zero-order valence-electron chi connectivity index (χ0n) is 52.7. The molecule has 4 aromatic carbocycles. The van der Waals surface area contributed by atoms with E-state index in [1.54, 1.807) is 0 Å². The third-order valence-corrected chi connectivity index (χ3v) is 20.1. The van der Waals surface area contributed by atoms with Crippen LogP contribution in [0.5, 0.6) is 0 Å². The summed E-state index contributed by atoms with van der Waals surface area (Å²) in [7, 11) is 0. The number of unbranched alkanes of at least 4 members (excludes halogenated alkanes) is 25. The van der Waals surface area contributed by atoms with Crippen LogP contribution >= 0.6 is 0 Å². The molecule has 0 radical (unpaired) electrons. The second-order valence-corrected chi connectivity index (χ2v) is 26.3. The number of aromatic nitrogens is 4. The molecular weight excluding hydrogens is 1030 g/mol. The summed E-state index contributed by atoms with van der Waals surface area (Å²) < 4.78 is 0. The number of nitrogens with zero attached hydrogens (tertiary/aromatic N) is 2. The van der Waals surface area contributed by atoms with Crippen LogP contribution < -0.4 is 0 Å². The molecule has 0 saturated heterocycles. The first-order valence-corrected chi connectivity index (χ1v) is 34.5. The highest BCUT2D eigenvalue weighted by molar-refractivity contribution is 5.99. The molecule has 2 unspecified atom stereocenters. The average molecular weight is 1130 g/mol. The molecule has 2 N–H and O–H groups in total. The number of aromatic amines is 2. The van der Waals surface area contributed by atoms with Crippen molar-refractivity contribution >= 4 is 46.4 Å². The Morgan fingerprint density at radius 3 is 1.16 bits per heavy atom. The van der Waals surface area contributed by atoms with Gasteiger partial charge in [-0.1, -0.05) is 292 Å². The molecule has 4 aliphatic rings. The van der Waals surface area contributed by atoms with Crippen LogP contribution in [0.1, 0.15) is 272 Å². The minimum Gasteiger partial charge on any atom is -0.355 e. The van der Waals surface area contributed by atoms with Gasteiger partial charge in [-0.05, 0) is 136 Å². The number of nitrogens with one attached hydrogen (secondary N) is 2. The predicted molar refractivity (Wildman–Crippen MR) is 368 cm³/mol.